The number of nitrogens with one attached hydrogen (secondary N) is 2. The van der Waals surface area contributed by atoms with Crippen LogP contribution in [0.1, 0.15) is 111 Å². The number of hydrogen-bond donors (Lipinski definition) is 3. The summed E-state index contributed by atoms with van der Waals surface area (Å²) in [7, 11) is 0. The molecule has 0 spiro atoms. The average Bonchev–Trinajstić information content (AvgIpc) is 2.76. The van der Waals surface area contributed by atoms with E-state index in [1.807, 2.05) is 19.9 Å². The fraction of sp³-hybridized carbons (Fsp3) is 0.697. The second kappa shape index (κ2) is 11.9. The lowest BCUT2D eigenvalue weighted by Gasteiger charge is -2.60. The number of fused-ring (bicyclic) bond motifs is 1. The van der Waals surface area contributed by atoms with Gasteiger partial charge in [-0.25, -0.2) is 9.59 Å². The fourth-order valence-electron chi connectivity index (χ4n) is 7.29. The number of nitrogens with zero attached hydrogens (tertiary/aromatic N) is 1. The zero-order valence-corrected chi connectivity index (χ0v) is 27.3. The minimum Gasteiger partial charge on any atom is -0.508 e. The number of carbonyl (C=O) groups is 3. The summed E-state index contributed by atoms with van der Waals surface area (Å²) in [6, 6.07) is 4.72. The topological polar surface area (TPSA) is 126 Å². The molecule has 2 aliphatic rings. The molecule has 5 atom stereocenters. The Balaban J connectivity index is 2.04. The number of phenolic OH excluding ortho intramolecular Hbond substituents is 1. The first-order chi connectivity index (χ1) is 19.1. The number of amides is 2. The van der Waals surface area contributed by atoms with Crippen molar-refractivity contribution in [3.63, 3.8) is 0 Å². The number of alkyl carbamates (subject to hydrolysis) is 1. The van der Waals surface area contributed by atoms with Crippen LogP contribution < -0.4 is 10.6 Å². The van der Waals surface area contributed by atoms with Crippen molar-refractivity contribution in [3.05, 3.63) is 29.3 Å². The summed E-state index contributed by atoms with van der Waals surface area (Å²) in [5, 5.41) is 16.2. The highest BCUT2D eigenvalue weighted by atomic mass is 16.6. The molecule has 0 heterocycles. The number of Topliss-reactive ketones (excluding diaryl/α,β-unsaturated/α-hetero) is 1. The van der Waals surface area contributed by atoms with Gasteiger partial charge in [0.2, 0.25) is 5.96 Å². The number of aryl methyl sites for hydroxylation is 1. The predicted molar refractivity (Wildman–Crippen MR) is 164 cm³/mol. The minimum absolute atomic E-state index is 0.0102. The van der Waals surface area contributed by atoms with Crippen molar-refractivity contribution in [1.82, 2.24) is 10.6 Å². The molecule has 0 bridgehead atoms. The monoisotopic (exact) mass is 585 g/mol. The van der Waals surface area contributed by atoms with Crippen molar-refractivity contribution in [2.45, 2.75) is 119 Å². The van der Waals surface area contributed by atoms with Crippen molar-refractivity contribution >= 4 is 23.9 Å². The third kappa shape index (κ3) is 8.04. The fourth-order valence-corrected chi connectivity index (χ4v) is 7.29. The first-order valence-electron chi connectivity index (χ1n) is 15.0. The quantitative estimate of drug-likeness (QED) is 0.195. The zero-order chi connectivity index (χ0) is 31.8. The molecule has 234 valence electrons. The molecule has 9 nitrogen and oxygen atoms in total. The van der Waals surface area contributed by atoms with Crippen LogP contribution in [0.4, 0.5) is 9.59 Å². The van der Waals surface area contributed by atoms with Crippen LogP contribution in [0.15, 0.2) is 23.2 Å². The normalized spacial score (nSPS) is 27.8. The van der Waals surface area contributed by atoms with Gasteiger partial charge in [0, 0.05) is 17.5 Å². The molecule has 0 unspecified atom stereocenters. The highest BCUT2D eigenvalue weighted by Crippen LogP contribution is 2.61. The Kier molecular flexibility index (Phi) is 9.45. The summed E-state index contributed by atoms with van der Waals surface area (Å²) in [4.78, 5) is 44.0. The van der Waals surface area contributed by atoms with Gasteiger partial charge in [0.05, 0.1) is 0 Å². The van der Waals surface area contributed by atoms with Crippen LogP contribution in [0.3, 0.4) is 0 Å². The summed E-state index contributed by atoms with van der Waals surface area (Å²) in [5.41, 5.74) is -0.554. The van der Waals surface area contributed by atoms with Crippen LogP contribution in [0.5, 0.6) is 5.75 Å². The Morgan fingerprint density at radius 3 is 2.17 bits per heavy atom. The molecule has 0 saturated heterocycles. The molecule has 2 saturated carbocycles. The van der Waals surface area contributed by atoms with Crippen molar-refractivity contribution < 1.29 is 29.0 Å². The Hall–Kier alpha value is -3.10. The van der Waals surface area contributed by atoms with E-state index < -0.39 is 23.4 Å². The first-order valence-corrected chi connectivity index (χ1v) is 15.0. The van der Waals surface area contributed by atoms with Gasteiger partial charge in [-0.2, -0.15) is 0 Å². The van der Waals surface area contributed by atoms with Gasteiger partial charge in [0.15, 0.2) is 5.78 Å². The largest absolute Gasteiger partial charge is 0.508 e. The average molecular weight is 586 g/mol. The Labute approximate surface area is 251 Å². The third-order valence-electron chi connectivity index (χ3n) is 8.80. The summed E-state index contributed by atoms with van der Waals surface area (Å²) in [5.74, 6) is -0.422. The Bertz CT molecular complexity index is 1200. The van der Waals surface area contributed by atoms with Gasteiger partial charge in [0.1, 0.15) is 17.0 Å². The maximum Gasteiger partial charge on any atom is 0.437 e. The maximum absolute atomic E-state index is 14.4. The van der Waals surface area contributed by atoms with Gasteiger partial charge < -0.3 is 19.9 Å². The molecule has 1 aromatic carbocycles. The molecular weight excluding hydrogens is 534 g/mol. The van der Waals surface area contributed by atoms with Crippen LogP contribution >= 0.6 is 0 Å². The second-order valence-corrected chi connectivity index (χ2v) is 15.2. The molecule has 0 radical (unpaired) electrons. The lowest BCUT2D eigenvalue weighted by Crippen LogP contribution is -2.62. The molecule has 0 aromatic heterocycles. The zero-order valence-electron chi connectivity index (χ0n) is 27.3. The highest BCUT2D eigenvalue weighted by molar-refractivity contribution is 6.00. The summed E-state index contributed by atoms with van der Waals surface area (Å²) < 4.78 is 10.8. The van der Waals surface area contributed by atoms with Crippen LogP contribution in [0, 0.1) is 35.5 Å². The number of ketones is 1. The van der Waals surface area contributed by atoms with Crippen molar-refractivity contribution in [2.75, 3.05) is 0 Å². The van der Waals surface area contributed by atoms with E-state index in [0.29, 0.717) is 5.56 Å². The van der Waals surface area contributed by atoms with Gasteiger partial charge in [0.25, 0.3) is 0 Å². The van der Waals surface area contributed by atoms with Crippen LogP contribution in [0.25, 0.3) is 0 Å². The van der Waals surface area contributed by atoms with E-state index in [1.54, 1.807) is 53.7 Å². The minimum atomic E-state index is -0.852. The molecule has 1 aromatic rings. The lowest BCUT2D eigenvalue weighted by molar-refractivity contribution is -0.0893. The molecule has 2 fully saturated rings. The second-order valence-electron chi connectivity index (χ2n) is 15.2. The number of ether oxygens (including phenoxy) is 2. The number of hydrogen-bond acceptors (Lipinski definition) is 6. The molecule has 2 amide bonds. The van der Waals surface area contributed by atoms with E-state index >= 15 is 0 Å². The van der Waals surface area contributed by atoms with Crippen molar-refractivity contribution in [2.24, 2.45) is 33.6 Å². The Morgan fingerprint density at radius 2 is 1.60 bits per heavy atom. The molecule has 42 heavy (non-hydrogen) atoms. The number of phenols is 1. The van der Waals surface area contributed by atoms with Gasteiger partial charge in [-0.3, -0.25) is 10.1 Å². The molecule has 3 rings (SSSR count). The van der Waals surface area contributed by atoms with Gasteiger partial charge >= 0.3 is 12.2 Å². The molecule has 2 aliphatic carbocycles. The predicted octanol–water partition coefficient (Wildman–Crippen LogP) is 7.15. The number of rotatable bonds is 3. The summed E-state index contributed by atoms with van der Waals surface area (Å²) in [6.45, 7) is 21.1. The van der Waals surface area contributed by atoms with Crippen LogP contribution in [-0.2, 0) is 9.47 Å². The number of carbonyl (C=O) groups excluding carboxylic acids is 3. The molecule has 0 aliphatic heterocycles. The van der Waals surface area contributed by atoms with Gasteiger partial charge in [-0.05, 0) is 114 Å². The SMILES string of the molecule is Cc1cc(O)cc(C(=O)[C@H]2[C@H](C)[C@H](N/C(=N/C(=O)OC(C)(C)C)NC(=O)OC(C)(C)C)C[C@H]3C(C)(C)CCC[C@]23C)c1. The van der Waals surface area contributed by atoms with Crippen molar-refractivity contribution in [3.8, 4) is 5.75 Å². The Morgan fingerprint density at radius 1 is 0.976 bits per heavy atom. The van der Waals surface area contributed by atoms with Gasteiger partial charge in [-0.1, -0.05) is 34.1 Å². The highest BCUT2D eigenvalue weighted by Gasteiger charge is 2.58. The maximum atomic E-state index is 14.4. The van der Waals surface area contributed by atoms with E-state index in [2.05, 4.69) is 36.4 Å². The molecule has 3 N–H and O–H groups in total. The number of benzene rings is 1. The smallest absolute Gasteiger partial charge is 0.437 e. The van der Waals surface area contributed by atoms with Gasteiger partial charge in [-0.15, -0.1) is 4.99 Å². The van der Waals surface area contributed by atoms with Crippen LogP contribution in [-0.4, -0.2) is 46.3 Å². The van der Waals surface area contributed by atoms with Crippen molar-refractivity contribution in [1.29, 1.82) is 0 Å². The van der Waals surface area contributed by atoms with Crippen LogP contribution in [0.2, 0.25) is 0 Å². The number of aromatic hydroxyl groups is 1. The van der Waals surface area contributed by atoms with E-state index in [9.17, 15) is 19.5 Å². The van der Waals surface area contributed by atoms with E-state index in [1.165, 1.54) is 0 Å². The summed E-state index contributed by atoms with van der Waals surface area (Å²) >= 11 is 0. The van der Waals surface area contributed by atoms with E-state index in [0.717, 1.165) is 31.2 Å². The molecule has 9 heteroatoms. The standard InChI is InChI=1S/C33H51N3O6/c1-19-15-21(17-22(37)16-19)26(38)25-20(2)23(18-24-32(9,10)13-12-14-33(24,25)11)34-27(35-28(39)41-30(3,4)5)36-29(40)42-31(6,7)8/h15-17,20,23-25,37H,12-14,18H2,1-11H3,(H2,34,35,36,39,40)/t20-,23-,24+,25-,33+/m1/s1. The first kappa shape index (κ1) is 33.4. The van der Waals surface area contributed by atoms with E-state index in [-0.39, 0.29) is 52.1 Å². The number of aliphatic imine (C=N–C) groups is 1. The molecular formula is C33H51N3O6. The number of guanidine groups is 1. The third-order valence-corrected chi connectivity index (χ3v) is 8.80. The lowest BCUT2D eigenvalue weighted by atomic mass is 9.45. The van der Waals surface area contributed by atoms with E-state index in [4.69, 9.17) is 9.47 Å². The summed E-state index contributed by atoms with van der Waals surface area (Å²) in [6.07, 6.45) is 2.09.